The molecule has 0 N–H and O–H groups in total. The Morgan fingerprint density at radius 3 is 1.43 bits per heavy atom. The van der Waals surface area contributed by atoms with Crippen LogP contribution in [-0.2, 0) is 0 Å². The molecular formula is C21H44. The summed E-state index contributed by atoms with van der Waals surface area (Å²) in [6.45, 7) is 9.47. The molecule has 0 radical (unpaired) electrons. The number of hydrogen-bond acceptors (Lipinski definition) is 0. The third-order valence-corrected chi connectivity index (χ3v) is 5.14. The Hall–Kier alpha value is 0. The van der Waals surface area contributed by atoms with Crippen molar-refractivity contribution >= 4 is 0 Å². The molecule has 0 aliphatic heterocycles. The average Bonchev–Trinajstić information content (AvgIpc) is 2.49. The van der Waals surface area contributed by atoms with Crippen molar-refractivity contribution in [2.24, 2.45) is 11.8 Å². The molecule has 0 heteroatoms. The van der Waals surface area contributed by atoms with E-state index in [9.17, 15) is 0 Å². The van der Waals surface area contributed by atoms with Crippen molar-refractivity contribution in [2.75, 3.05) is 0 Å². The fraction of sp³-hybridized carbons (Fsp3) is 1.00. The van der Waals surface area contributed by atoms with Crippen molar-refractivity contribution < 1.29 is 0 Å². The highest BCUT2D eigenvalue weighted by atomic mass is 14.1. The predicted molar refractivity (Wildman–Crippen MR) is 98.9 cm³/mol. The fourth-order valence-corrected chi connectivity index (χ4v) is 3.14. The van der Waals surface area contributed by atoms with Crippen LogP contribution in [0.3, 0.4) is 0 Å². The van der Waals surface area contributed by atoms with Crippen LogP contribution in [0.1, 0.15) is 124 Å². The predicted octanol–water partition coefficient (Wildman–Crippen LogP) is 8.15. The minimum Gasteiger partial charge on any atom is -0.0654 e. The van der Waals surface area contributed by atoms with Crippen molar-refractivity contribution in [3.05, 3.63) is 0 Å². The molecule has 0 fully saturated rings. The molecule has 0 nitrogen and oxygen atoms in total. The van der Waals surface area contributed by atoms with Gasteiger partial charge < -0.3 is 0 Å². The van der Waals surface area contributed by atoms with Gasteiger partial charge in [0.25, 0.3) is 0 Å². The maximum atomic E-state index is 2.46. The minimum atomic E-state index is 0.939. The van der Waals surface area contributed by atoms with E-state index in [2.05, 4.69) is 27.7 Å². The Bertz CT molecular complexity index is 184. The van der Waals surface area contributed by atoms with Gasteiger partial charge in [-0.2, -0.15) is 0 Å². The third kappa shape index (κ3) is 16.2. The van der Waals surface area contributed by atoms with E-state index in [1.54, 1.807) is 0 Å². The van der Waals surface area contributed by atoms with Gasteiger partial charge in [-0.25, -0.2) is 0 Å². The van der Waals surface area contributed by atoms with Crippen LogP contribution < -0.4 is 0 Å². The van der Waals surface area contributed by atoms with E-state index < -0.39 is 0 Å². The van der Waals surface area contributed by atoms with Crippen LogP contribution in [0.15, 0.2) is 0 Å². The minimum absolute atomic E-state index is 0.939. The molecule has 0 aliphatic carbocycles. The summed E-state index contributed by atoms with van der Waals surface area (Å²) in [5.41, 5.74) is 0. The second kappa shape index (κ2) is 16.4. The first-order valence-electron chi connectivity index (χ1n) is 10.2. The summed E-state index contributed by atoms with van der Waals surface area (Å²) in [6.07, 6.45) is 21.8. The van der Waals surface area contributed by atoms with Crippen LogP contribution in [0, 0.1) is 11.8 Å². The normalized spacial score (nSPS) is 14.3. The molecule has 0 amide bonds. The van der Waals surface area contributed by atoms with Gasteiger partial charge in [-0.05, 0) is 11.8 Å². The number of rotatable bonds is 16. The van der Waals surface area contributed by atoms with Crippen molar-refractivity contribution in [3.8, 4) is 0 Å². The quantitative estimate of drug-likeness (QED) is 0.252. The van der Waals surface area contributed by atoms with Crippen molar-refractivity contribution in [1.82, 2.24) is 0 Å². The summed E-state index contributed by atoms with van der Waals surface area (Å²) in [7, 11) is 0. The topological polar surface area (TPSA) is 0 Å². The molecule has 0 aromatic heterocycles. The first-order chi connectivity index (χ1) is 10.2. The van der Waals surface area contributed by atoms with E-state index in [1.165, 1.54) is 96.3 Å². The summed E-state index contributed by atoms with van der Waals surface area (Å²) in [5.74, 6) is 1.90. The molecule has 0 aromatic carbocycles. The zero-order valence-electron chi connectivity index (χ0n) is 15.8. The molecule has 0 unspecified atom stereocenters. The van der Waals surface area contributed by atoms with Gasteiger partial charge in [-0.1, -0.05) is 124 Å². The highest BCUT2D eigenvalue weighted by Gasteiger charge is 2.04. The zero-order chi connectivity index (χ0) is 15.8. The van der Waals surface area contributed by atoms with Gasteiger partial charge in [-0.15, -0.1) is 0 Å². The van der Waals surface area contributed by atoms with Gasteiger partial charge in [-0.3, -0.25) is 0 Å². The standard InChI is InChI=1S/C21H44/c1-5-7-8-9-10-11-12-13-14-15-17-21(4)19-16-18-20(3)6-2/h20-21H,5-19H2,1-4H3/t20-,21+/m0/s1. The average molecular weight is 297 g/mol. The molecule has 128 valence electrons. The van der Waals surface area contributed by atoms with Crippen molar-refractivity contribution in [3.63, 3.8) is 0 Å². The monoisotopic (exact) mass is 296 g/mol. The van der Waals surface area contributed by atoms with E-state index >= 15 is 0 Å². The molecule has 2 atom stereocenters. The fourth-order valence-electron chi connectivity index (χ4n) is 3.14. The number of unbranched alkanes of at least 4 members (excludes halogenated alkanes) is 9. The Kier molecular flexibility index (Phi) is 16.4. The van der Waals surface area contributed by atoms with E-state index in [4.69, 9.17) is 0 Å². The van der Waals surface area contributed by atoms with Crippen LogP contribution in [0.2, 0.25) is 0 Å². The smallest absolute Gasteiger partial charge is 0.0443 e. The van der Waals surface area contributed by atoms with Crippen LogP contribution >= 0.6 is 0 Å². The molecule has 0 saturated heterocycles. The SMILES string of the molecule is CCCCCCCCCCCC[C@@H](C)CCC[C@@H](C)CC. The second-order valence-corrected chi connectivity index (χ2v) is 7.52. The van der Waals surface area contributed by atoms with Gasteiger partial charge in [0, 0.05) is 0 Å². The van der Waals surface area contributed by atoms with E-state index in [1.807, 2.05) is 0 Å². The van der Waals surface area contributed by atoms with E-state index in [0.29, 0.717) is 0 Å². The van der Waals surface area contributed by atoms with Gasteiger partial charge in [0.15, 0.2) is 0 Å². The Morgan fingerprint density at radius 2 is 0.905 bits per heavy atom. The Morgan fingerprint density at radius 1 is 0.476 bits per heavy atom. The third-order valence-electron chi connectivity index (χ3n) is 5.14. The summed E-state index contributed by atoms with van der Waals surface area (Å²) in [6, 6.07) is 0. The van der Waals surface area contributed by atoms with Crippen LogP contribution in [0.25, 0.3) is 0 Å². The van der Waals surface area contributed by atoms with Crippen LogP contribution in [-0.4, -0.2) is 0 Å². The summed E-state index contributed by atoms with van der Waals surface area (Å²) >= 11 is 0. The highest BCUT2D eigenvalue weighted by Crippen LogP contribution is 2.20. The summed E-state index contributed by atoms with van der Waals surface area (Å²) in [4.78, 5) is 0. The molecule has 0 bridgehead atoms. The van der Waals surface area contributed by atoms with Crippen LogP contribution in [0.5, 0.6) is 0 Å². The highest BCUT2D eigenvalue weighted by molar-refractivity contribution is 4.57. The molecule has 0 heterocycles. The largest absolute Gasteiger partial charge is 0.0654 e. The molecule has 0 aliphatic rings. The first kappa shape index (κ1) is 21.0. The Balaban J connectivity index is 3.16. The maximum absolute atomic E-state index is 2.46. The lowest BCUT2D eigenvalue weighted by atomic mass is 9.93. The van der Waals surface area contributed by atoms with Crippen molar-refractivity contribution in [1.29, 1.82) is 0 Å². The van der Waals surface area contributed by atoms with E-state index in [-0.39, 0.29) is 0 Å². The lowest BCUT2D eigenvalue weighted by Crippen LogP contribution is -1.98. The number of hydrogen-bond donors (Lipinski definition) is 0. The maximum Gasteiger partial charge on any atom is -0.0443 e. The lowest BCUT2D eigenvalue weighted by molar-refractivity contribution is 0.405. The molecule has 0 spiro atoms. The Labute approximate surface area is 136 Å². The second-order valence-electron chi connectivity index (χ2n) is 7.52. The zero-order valence-corrected chi connectivity index (χ0v) is 15.8. The molecule has 21 heavy (non-hydrogen) atoms. The van der Waals surface area contributed by atoms with Crippen LogP contribution in [0.4, 0.5) is 0 Å². The molecule has 0 saturated carbocycles. The van der Waals surface area contributed by atoms with Crippen molar-refractivity contribution in [2.45, 2.75) is 124 Å². The molecule has 0 rings (SSSR count). The van der Waals surface area contributed by atoms with Gasteiger partial charge >= 0.3 is 0 Å². The first-order valence-corrected chi connectivity index (χ1v) is 10.2. The van der Waals surface area contributed by atoms with Gasteiger partial charge in [0.2, 0.25) is 0 Å². The summed E-state index contributed by atoms with van der Waals surface area (Å²) in [5, 5.41) is 0. The molecule has 0 aromatic rings. The van der Waals surface area contributed by atoms with E-state index in [0.717, 1.165) is 11.8 Å². The van der Waals surface area contributed by atoms with Gasteiger partial charge in [0.05, 0.1) is 0 Å². The lowest BCUT2D eigenvalue weighted by Gasteiger charge is -2.13. The summed E-state index contributed by atoms with van der Waals surface area (Å²) < 4.78 is 0. The molecular weight excluding hydrogens is 252 g/mol. The van der Waals surface area contributed by atoms with Gasteiger partial charge in [0.1, 0.15) is 0 Å².